The summed E-state index contributed by atoms with van der Waals surface area (Å²) in [5.41, 5.74) is 1.79. The van der Waals surface area contributed by atoms with Crippen LogP contribution >= 0.6 is 0 Å². The molecule has 84 valence electrons. The average Bonchev–Trinajstić information content (AvgIpc) is 2.18. The van der Waals surface area contributed by atoms with Crippen molar-refractivity contribution in [2.45, 2.75) is 27.0 Å². The lowest BCUT2D eigenvalue weighted by Crippen LogP contribution is -2.14. The van der Waals surface area contributed by atoms with E-state index in [2.05, 4.69) is 10.1 Å². The molecule has 0 aliphatic carbocycles. The first kappa shape index (κ1) is 11.9. The number of halogens is 2. The lowest BCUT2D eigenvalue weighted by Gasteiger charge is -2.11. The van der Waals surface area contributed by atoms with E-state index in [4.69, 9.17) is 0 Å². The summed E-state index contributed by atoms with van der Waals surface area (Å²) in [6.07, 6.45) is 0. The number of hydrogen-bond acceptors (Lipinski definition) is 2. The maximum atomic E-state index is 12.1. The molecule has 0 spiro atoms. The van der Waals surface area contributed by atoms with Crippen LogP contribution in [-0.4, -0.2) is 13.2 Å². The average molecular weight is 215 g/mol. The van der Waals surface area contributed by atoms with Crippen LogP contribution in [0.2, 0.25) is 0 Å². The van der Waals surface area contributed by atoms with Gasteiger partial charge in [0, 0.05) is 12.1 Å². The van der Waals surface area contributed by atoms with Crippen molar-refractivity contribution < 1.29 is 13.5 Å². The van der Waals surface area contributed by atoms with Gasteiger partial charge in [-0.25, -0.2) is 0 Å². The van der Waals surface area contributed by atoms with Gasteiger partial charge < -0.3 is 10.1 Å². The maximum Gasteiger partial charge on any atom is 0.387 e. The fourth-order valence-corrected chi connectivity index (χ4v) is 1.32. The number of nitrogens with one attached hydrogen (secondary N) is 1. The summed E-state index contributed by atoms with van der Waals surface area (Å²) in [7, 11) is 0. The van der Waals surface area contributed by atoms with E-state index in [1.54, 1.807) is 12.1 Å². The van der Waals surface area contributed by atoms with Crippen LogP contribution in [0.5, 0.6) is 5.75 Å². The lowest BCUT2D eigenvalue weighted by atomic mass is 10.1. The van der Waals surface area contributed by atoms with E-state index in [-0.39, 0.29) is 5.75 Å². The summed E-state index contributed by atoms with van der Waals surface area (Å²) in [5, 5.41) is 3.08. The molecule has 0 saturated heterocycles. The Morgan fingerprint density at radius 1 is 1.40 bits per heavy atom. The van der Waals surface area contributed by atoms with Gasteiger partial charge in [0.25, 0.3) is 0 Å². The standard InChI is InChI=1S/C11H15F2NO/c1-3-14-7-9-6-8(2)4-5-10(9)15-11(12)13/h4-6,11,14H,3,7H2,1-2H3. The van der Waals surface area contributed by atoms with Crippen molar-refractivity contribution in [3.05, 3.63) is 29.3 Å². The Labute approximate surface area is 88.3 Å². The number of ether oxygens (including phenoxy) is 1. The molecule has 0 atom stereocenters. The first-order chi connectivity index (χ1) is 7.13. The first-order valence-electron chi connectivity index (χ1n) is 4.88. The smallest absolute Gasteiger partial charge is 0.387 e. The fourth-order valence-electron chi connectivity index (χ4n) is 1.32. The van der Waals surface area contributed by atoms with Gasteiger partial charge >= 0.3 is 6.61 Å². The van der Waals surface area contributed by atoms with E-state index in [9.17, 15) is 8.78 Å². The van der Waals surface area contributed by atoms with Gasteiger partial charge in [-0.3, -0.25) is 0 Å². The van der Waals surface area contributed by atoms with E-state index >= 15 is 0 Å². The lowest BCUT2D eigenvalue weighted by molar-refractivity contribution is -0.0505. The van der Waals surface area contributed by atoms with Crippen molar-refractivity contribution in [2.24, 2.45) is 0 Å². The Kier molecular flexibility index (Phi) is 4.49. The molecule has 0 aliphatic rings. The second kappa shape index (κ2) is 5.66. The SMILES string of the molecule is CCNCc1cc(C)ccc1OC(F)F. The monoisotopic (exact) mass is 215 g/mol. The Bertz CT molecular complexity index is 315. The number of benzene rings is 1. The molecule has 1 aromatic rings. The molecular weight excluding hydrogens is 200 g/mol. The third-order valence-corrected chi connectivity index (χ3v) is 2.00. The first-order valence-corrected chi connectivity index (χ1v) is 4.88. The van der Waals surface area contributed by atoms with E-state index in [0.717, 1.165) is 17.7 Å². The molecule has 4 heteroatoms. The van der Waals surface area contributed by atoms with Gasteiger partial charge in [0.05, 0.1) is 0 Å². The Hall–Kier alpha value is -1.16. The zero-order chi connectivity index (χ0) is 11.3. The van der Waals surface area contributed by atoms with Crippen LogP contribution in [0.3, 0.4) is 0 Å². The summed E-state index contributed by atoms with van der Waals surface area (Å²) in [6, 6.07) is 5.18. The largest absolute Gasteiger partial charge is 0.434 e. The fraction of sp³-hybridized carbons (Fsp3) is 0.455. The maximum absolute atomic E-state index is 12.1. The van der Waals surface area contributed by atoms with E-state index in [0.29, 0.717) is 6.54 Å². The molecule has 1 aromatic carbocycles. The van der Waals surface area contributed by atoms with Gasteiger partial charge in [-0.05, 0) is 19.5 Å². The number of hydrogen-bond donors (Lipinski definition) is 1. The van der Waals surface area contributed by atoms with Gasteiger partial charge in [-0.2, -0.15) is 8.78 Å². The van der Waals surface area contributed by atoms with Gasteiger partial charge in [-0.1, -0.05) is 24.6 Å². The molecule has 1 rings (SSSR count). The minimum atomic E-state index is -2.77. The van der Waals surface area contributed by atoms with Gasteiger partial charge in [-0.15, -0.1) is 0 Å². The highest BCUT2D eigenvalue weighted by Gasteiger charge is 2.09. The van der Waals surface area contributed by atoms with Crippen molar-refractivity contribution >= 4 is 0 Å². The van der Waals surface area contributed by atoms with Crippen molar-refractivity contribution in [1.29, 1.82) is 0 Å². The van der Waals surface area contributed by atoms with Crippen LogP contribution in [0.25, 0.3) is 0 Å². The summed E-state index contributed by atoms with van der Waals surface area (Å²) in [6.45, 7) is 2.45. The molecule has 0 fully saturated rings. The molecular formula is C11H15F2NO. The zero-order valence-corrected chi connectivity index (χ0v) is 8.89. The van der Waals surface area contributed by atoms with E-state index in [1.807, 2.05) is 19.9 Å². The van der Waals surface area contributed by atoms with Crippen LogP contribution in [-0.2, 0) is 6.54 Å². The van der Waals surface area contributed by atoms with E-state index in [1.165, 1.54) is 0 Å². The second-order valence-electron chi connectivity index (χ2n) is 3.27. The topological polar surface area (TPSA) is 21.3 Å². The summed E-state index contributed by atoms with van der Waals surface area (Å²) in [4.78, 5) is 0. The normalized spacial score (nSPS) is 10.7. The molecule has 0 aliphatic heterocycles. The Morgan fingerprint density at radius 2 is 2.13 bits per heavy atom. The van der Waals surface area contributed by atoms with Crippen molar-refractivity contribution in [3.8, 4) is 5.75 Å². The summed E-state index contributed by atoms with van der Waals surface area (Å²) < 4.78 is 28.6. The number of alkyl halides is 2. The highest BCUT2D eigenvalue weighted by atomic mass is 19.3. The predicted molar refractivity (Wildman–Crippen MR) is 55.2 cm³/mol. The summed E-state index contributed by atoms with van der Waals surface area (Å²) in [5.74, 6) is 0.247. The molecule has 1 N–H and O–H groups in total. The quantitative estimate of drug-likeness (QED) is 0.815. The van der Waals surface area contributed by atoms with Crippen LogP contribution in [0, 0.1) is 6.92 Å². The Balaban J connectivity index is 2.82. The Morgan fingerprint density at radius 3 is 2.73 bits per heavy atom. The molecule has 0 radical (unpaired) electrons. The third kappa shape index (κ3) is 3.83. The minimum absolute atomic E-state index is 0.247. The van der Waals surface area contributed by atoms with E-state index < -0.39 is 6.61 Å². The highest BCUT2D eigenvalue weighted by Crippen LogP contribution is 2.21. The van der Waals surface area contributed by atoms with Crippen LogP contribution in [0.15, 0.2) is 18.2 Å². The molecule has 0 saturated carbocycles. The molecule has 0 heterocycles. The van der Waals surface area contributed by atoms with Crippen LogP contribution in [0.4, 0.5) is 8.78 Å². The predicted octanol–water partition coefficient (Wildman–Crippen LogP) is 2.71. The van der Waals surface area contributed by atoms with Crippen molar-refractivity contribution in [3.63, 3.8) is 0 Å². The minimum Gasteiger partial charge on any atom is -0.434 e. The second-order valence-corrected chi connectivity index (χ2v) is 3.27. The molecule has 0 bridgehead atoms. The van der Waals surface area contributed by atoms with Crippen molar-refractivity contribution in [2.75, 3.05) is 6.54 Å². The van der Waals surface area contributed by atoms with Gasteiger partial charge in [0.2, 0.25) is 0 Å². The molecule has 0 aromatic heterocycles. The number of rotatable bonds is 5. The molecule has 0 unspecified atom stereocenters. The third-order valence-electron chi connectivity index (χ3n) is 2.00. The van der Waals surface area contributed by atoms with Crippen LogP contribution < -0.4 is 10.1 Å². The van der Waals surface area contributed by atoms with Crippen LogP contribution in [0.1, 0.15) is 18.1 Å². The van der Waals surface area contributed by atoms with Gasteiger partial charge in [0.15, 0.2) is 0 Å². The summed E-state index contributed by atoms with van der Waals surface area (Å²) >= 11 is 0. The molecule has 0 amide bonds. The molecule has 2 nitrogen and oxygen atoms in total. The highest BCUT2D eigenvalue weighted by molar-refractivity contribution is 5.36. The van der Waals surface area contributed by atoms with Gasteiger partial charge in [0.1, 0.15) is 5.75 Å². The number of aryl methyl sites for hydroxylation is 1. The molecule has 15 heavy (non-hydrogen) atoms. The van der Waals surface area contributed by atoms with Crippen molar-refractivity contribution in [1.82, 2.24) is 5.32 Å². The zero-order valence-electron chi connectivity index (χ0n) is 8.89.